The number of carbonyl (C=O) groups is 1. The maximum absolute atomic E-state index is 12.2. The lowest BCUT2D eigenvalue weighted by atomic mass is 10.2. The van der Waals surface area contributed by atoms with Gasteiger partial charge < -0.3 is 9.73 Å². The fourth-order valence-electron chi connectivity index (χ4n) is 1.92. The van der Waals surface area contributed by atoms with Crippen LogP contribution >= 0.6 is 11.3 Å². The van der Waals surface area contributed by atoms with Crippen molar-refractivity contribution in [2.45, 2.75) is 19.8 Å². The van der Waals surface area contributed by atoms with Crippen LogP contribution in [0.1, 0.15) is 36.0 Å². The molecule has 112 valence electrons. The summed E-state index contributed by atoms with van der Waals surface area (Å²) < 4.78 is 5.65. The fourth-order valence-corrected chi connectivity index (χ4v) is 2.69. The maximum atomic E-state index is 12.2. The van der Waals surface area contributed by atoms with Crippen LogP contribution in [-0.4, -0.2) is 16.1 Å². The molecule has 0 atom stereocenters. The van der Waals surface area contributed by atoms with Crippen LogP contribution in [0.3, 0.4) is 0 Å². The third-order valence-corrected chi connectivity index (χ3v) is 3.98. The summed E-state index contributed by atoms with van der Waals surface area (Å²) in [5.41, 5.74) is 1.28. The van der Waals surface area contributed by atoms with Crippen molar-refractivity contribution in [2.24, 2.45) is 0 Å². The van der Waals surface area contributed by atoms with Crippen molar-refractivity contribution in [3.05, 3.63) is 53.2 Å². The molecular weight excluding hydrogens is 298 g/mol. The first kappa shape index (κ1) is 14.5. The van der Waals surface area contributed by atoms with Gasteiger partial charge in [0.2, 0.25) is 5.89 Å². The monoisotopic (exact) mass is 313 g/mol. The molecule has 1 N–H and O–H groups in total. The maximum Gasteiger partial charge on any atom is 0.259 e. The Bertz CT molecular complexity index is 778. The van der Waals surface area contributed by atoms with Gasteiger partial charge in [0.05, 0.1) is 5.69 Å². The highest BCUT2D eigenvalue weighted by molar-refractivity contribution is 7.14. The van der Waals surface area contributed by atoms with Crippen molar-refractivity contribution >= 4 is 22.9 Å². The first-order valence-electron chi connectivity index (χ1n) is 6.93. The lowest BCUT2D eigenvalue weighted by Crippen LogP contribution is -2.11. The molecule has 0 spiro atoms. The SMILES string of the molecule is CC(C)c1nnc(-c2sccc2NC(=O)c2ccccc2)o1. The number of rotatable bonds is 4. The number of aromatic nitrogens is 2. The van der Waals surface area contributed by atoms with Gasteiger partial charge in [-0.1, -0.05) is 32.0 Å². The van der Waals surface area contributed by atoms with E-state index in [0.29, 0.717) is 23.0 Å². The number of thiophene rings is 1. The van der Waals surface area contributed by atoms with Gasteiger partial charge in [-0.3, -0.25) is 4.79 Å². The van der Waals surface area contributed by atoms with Crippen molar-refractivity contribution in [1.82, 2.24) is 10.2 Å². The van der Waals surface area contributed by atoms with Gasteiger partial charge in [-0.2, -0.15) is 0 Å². The van der Waals surface area contributed by atoms with Crippen LogP contribution in [-0.2, 0) is 0 Å². The minimum absolute atomic E-state index is 0.163. The van der Waals surface area contributed by atoms with Gasteiger partial charge in [0.1, 0.15) is 4.88 Å². The number of hydrogen-bond acceptors (Lipinski definition) is 5. The molecule has 1 amide bonds. The summed E-state index contributed by atoms with van der Waals surface area (Å²) in [6.45, 7) is 3.98. The predicted octanol–water partition coefficient (Wildman–Crippen LogP) is 4.17. The summed E-state index contributed by atoms with van der Waals surface area (Å²) in [6, 6.07) is 10.9. The third-order valence-electron chi connectivity index (χ3n) is 3.08. The Morgan fingerprint density at radius 1 is 1.18 bits per heavy atom. The van der Waals surface area contributed by atoms with Gasteiger partial charge in [-0.05, 0) is 23.6 Å². The average molecular weight is 313 g/mol. The van der Waals surface area contributed by atoms with E-state index in [9.17, 15) is 4.79 Å². The van der Waals surface area contributed by atoms with Crippen LogP contribution in [0.2, 0.25) is 0 Å². The van der Waals surface area contributed by atoms with Crippen LogP contribution in [0.4, 0.5) is 5.69 Å². The standard InChI is InChI=1S/C16H15N3O2S/c1-10(2)15-18-19-16(21-15)13-12(8-9-22-13)17-14(20)11-6-4-3-5-7-11/h3-10H,1-2H3,(H,17,20). The molecule has 0 saturated heterocycles. The normalized spacial score (nSPS) is 10.9. The topological polar surface area (TPSA) is 68.0 Å². The summed E-state index contributed by atoms with van der Waals surface area (Å²) in [5.74, 6) is 1.03. The number of anilines is 1. The van der Waals surface area contributed by atoms with Crippen LogP contribution in [0.15, 0.2) is 46.2 Å². The third kappa shape index (κ3) is 2.92. The molecule has 0 aliphatic rings. The summed E-state index contributed by atoms with van der Waals surface area (Å²) in [5, 5.41) is 12.9. The second kappa shape index (κ2) is 6.11. The Labute approximate surface area is 132 Å². The summed E-state index contributed by atoms with van der Waals surface area (Å²) in [7, 11) is 0. The number of carbonyl (C=O) groups excluding carboxylic acids is 1. The van der Waals surface area contributed by atoms with E-state index in [1.54, 1.807) is 12.1 Å². The molecule has 2 heterocycles. The van der Waals surface area contributed by atoms with E-state index in [-0.39, 0.29) is 11.8 Å². The van der Waals surface area contributed by atoms with Crippen LogP contribution in [0, 0.1) is 0 Å². The molecular formula is C16H15N3O2S. The van der Waals surface area contributed by atoms with Gasteiger partial charge in [0, 0.05) is 11.5 Å². The summed E-state index contributed by atoms with van der Waals surface area (Å²) in [6.07, 6.45) is 0. The molecule has 0 unspecified atom stereocenters. The lowest BCUT2D eigenvalue weighted by Gasteiger charge is -2.04. The minimum Gasteiger partial charge on any atom is -0.420 e. The molecule has 0 aliphatic carbocycles. The van der Waals surface area contributed by atoms with E-state index in [2.05, 4.69) is 15.5 Å². The van der Waals surface area contributed by atoms with Gasteiger partial charge >= 0.3 is 0 Å². The minimum atomic E-state index is -0.163. The Hall–Kier alpha value is -2.47. The molecule has 1 aromatic carbocycles. The predicted molar refractivity (Wildman–Crippen MR) is 86.1 cm³/mol. The zero-order chi connectivity index (χ0) is 15.5. The fraction of sp³-hybridized carbons (Fsp3) is 0.188. The average Bonchev–Trinajstić information content (AvgIpc) is 3.16. The highest BCUT2D eigenvalue weighted by atomic mass is 32.1. The first-order chi connectivity index (χ1) is 10.6. The van der Waals surface area contributed by atoms with Crippen molar-refractivity contribution in [3.63, 3.8) is 0 Å². The zero-order valence-corrected chi connectivity index (χ0v) is 13.1. The molecule has 0 radical (unpaired) electrons. The highest BCUT2D eigenvalue weighted by Gasteiger charge is 2.17. The van der Waals surface area contributed by atoms with Crippen molar-refractivity contribution in [1.29, 1.82) is 0 Å². The number of amides is 1. The molecule has 0 aliphatic heterocycles. The lowest BCUT2D eigenvalue weighted by molar-refractivity contribution is 0.102. The Morgan fingerprint density at radius 2 is 1.95 bits per heavy atom. The second-order valence-corrected chi connectivity index (χ2v) is 6.00. The Morgan fingerprint density at radius 3 is 2.64 bits per heavy atom. The quantitative estimate of drug-likeness (QED) is 0.784. The van der Waals surface area contributed by atoms with E-state index in [0.717, 1.165) is 4.88 Å². The molecule has 6 heteroatoms. The molecule has 0 bridgehead atoms. The van der Waals surface area contributed by atoms with E-state index in [1.165, 1.54) is 11.3 Å². The molecule has 3 aromatic rings. The molecule has 0 fully saturated rings. The highest BCUT2D eigenvalue weighted by Crippen LogP contribution is 2.33. The van der Waals surface area contributed by atoms with Gasteiger partial charge in [-0.25, -0.2) is 0 Å². The Balaban J connectivity index is 1.84. The van der Waals surface area contributed by atoms with Gasteiger partial charge in [0.25, 0.3) is 11.8 Å². The number of nitrogens with one attached hydrogen (secondary N) is 1. The molecule has 5 nitrogen and oxygen atoms in total. The zero-order valence-electron chi connectivity index (χ0n) is 12.2. The number of hydrogen-bond donors (Lipinski definition) is 1. The van der Waals surface area contributed by atoms with Crippen molar-refractivity contribution < 1.29 is 9.21 Å². The van der Waals surface area contributed by atoms with Crippen LogP contribution in [0.5, 0.6) is 0 Å². The van der Waals surface area contributed by atoms with E-state index in [4.69, 9.17) is 4.42 Å². The summed E-state index contributed by atoms with van der Waals surface area (Å²) in [4.78, 5) is 13.0. The van der Waals surface area contributed by atoms with Crippen LogP contribution < -0.4 is 5.32 Å². The largest absolute Gasteiger partial charge is 0.420 e. The molecule has 2 aromatic heterocycles. The van der Waals surface area contributed by atoms with Crippen molar-refractivity contribution in [3.8, 4) is 10.8 Å². The number of benzene rings is 1. The van der Waals surface area contributed by atoms with Gasteiger partial charge in [-0.15, -0.1) is 21.5 Å². The first-order valence-corrected chi connectivity index (χ1v) is 7.81. The van der Waals surface area contributed by atoms with Crippen molar-refractivity contribution in [2.75, 3.05) is 5.32 Å². The van der Waals surface area contributed by atoms with E-state index >= 15 is 0 Å². The molecule has 22 heavy (non-hydrogen) atoms. The van der Waals surface area contributed by atoms with Gasteiger partial charge in [0.15, 0.2) is 0 Å². The Kier molecular flexibility index (Phi) is 4.02. The molecule has 0 saturated carbocycles. The number of nitrogens with zero attached hydrogens (tertiary/aromatic N) is 2. The van der Waals surface area contributed by atoms with E-state index in [1.807, 2.05) is 43.5 Å². The molecule has 3 rings (SSSR count). The summed E-state index contributed by atoms with van der Waals surface area (Å²) >= 11 is 1.45. The second-order valence-electron chi connectivity index (χ2n) is 5.08. The smallest absolute Gasteiger partial charge is 0.259 e. The van der Waals surface area contributed by atoms with Crippen LogP contribution in [0.25, 0.3) is 10.8 Å². The van der Waals surface area contributed by atoms with E-state index < -0.39 is 0 Å².